The smallest absolute Gasteiger partial charge is 0.417 e. The van der Waals surface area contributed by atoms with Gasteiger partial charge in [-0.05, 0) is 11.8 Å². The van der Waals surface area contributed by atoms with Crippen molar-refractivity contribution in [2.75, 3.05) is 0 Å². The lowest BCUT2D eigenvalue weighted by Gasteiger charge is -2.28. The van der Waals surface area contributed by atoms with Gasteiger partial charge < -0.3 is 4.74 Å². The van der Waals surface area contributed by atoms with Gasteiger partial charge in [0, 0.05) is 0 Å². The highest BCUT2D eigenvalue weighted by Gasteiger charge is 2.25. The van der Waals surface area contributed by atoms with Crippen molar-refractivity contribution in [1.82, 2.24) is 0 Å². The van der Waals surface area contributed by atoms with E-state index in [0.29, 0.717) is 0 Å². The number of ether oxygens (including phenoxy) is 1. The van der Waals surface area contributed by atoms with E-state index in [9.17, 15) is 4.79 Å². The van der Waals surface area contributed by atoms with Gasteiger partial charge in [-0.3, -0.25) is 0 Å². The minimum Gasteiger partial charge on any atom is -0.453 e. The van der Waals surface area contributed by atoms with Crippen molar-refractivity contribution >= 4 is 6.47 Å². The second-order valence-corrected chi connectivity index (χ2v) is 4.20. The van der Waals surface area contributed by atoms with E-state index < -0.39 is 0 Å². The van der Waals surface area contributed by atoms with Gasteiger partial charge in [-0.2, -0.15) is 0 Å². The molecular weight excluding hydrogens is 152 g/mol. The summed E-state index contributed by atoms with van der Waals surface area (Å²) in [5, 5.41) is 0. The molecule has 0 aromatic carbocycles. The predicted octanol–water partition coefficient (Wildman–Crippen LogP) is 2.68. The molecule has 0 aliphatic carbocycles. The van der Waals surface area contributed by atoms with Crippen LogP contribution in [-0.2, 0) is 9.53 Å². The highest BCUT2D eigenvalue weighted by Crippen LogP contribution is 2.25. The van der Waals surface area contributed by atoms with Crippen LogP contribution < -0.4 is 0 Å². The Morgan fingerprint density at radius 3 is 2.33 bits per heavy atom. The van der Waals surface area contributed by atoms with Crippen LogP contribution in [-0.4, -0.2) is 12.6 Å². The van der Waals surface area contributed by atoms with Crippen molar-refractivity contribution in [3.8, 4) is 0 Å². The fourth-order valence-electron chi connectivity index (χ4n) is 1.12. The van der Waals surface area contributed by atoms with Gasteiger partial charge in [0.1, 0.15) is 6.10 Å². The van der Waals surface area contributed by atoms with Crippen LogP contribution in [0.15, 0.2) is 0 Å². The Morgan fingerprint density at radius 1 is 1.42 bits per heavy atom. The van der Waals surface area contributed by atoms with Crippen LogP contribution in [0.25, 0.3) is 0 Å². The van der Waals surface area contributed by atoms with Crippen LogP contribution in [0, 0.1) is 5.41 Å². The molecule has 0 fully saturated rings. The third kappa shape index (κ3) is 4.37. The summed E-state index contributed by atoms with van der Waals surface area (Å²) in [5.41, 5.74) is 0.0343. The summed E-state index contributed by atoms with van der Waals surface area (Å²) in [6.07, 6.45) is 3.18. The first kappa shape index (κ1) is 11.5. The van der Waals surface area contributed by atoms with E-state index in [-0.39, 0.29) is 11.5 Å². The van der Waals surface area contributed by atoms with Gasteiger partial charge in [-0.1, -0.05) is 40.5 Å². The van der Waals surface area contributed by atoms with E-state index in [4.69, 9.17) is 4.74 Å². The molecule has 0 aliphatic rings. The Hall–Kier alpha value is -0.530. The van der Waals surface area contributed by atoms with Gasteiger partial charge in [0.05, 0.1) is 0 Å². The first-order chi connectivity index (χ1) is 5.52. The Labute approximate surface area is 75.3 Å². The molecule has 0 aromatic heterocycles. The number of carbonyl (C=O) groups excluding carboxylic acids is 1. The standard InChI is InChI=1S/C10H19O2/c1-5-6-7-9(12-8-11)10(2,3)4/h9H,5-7H2,1-4H3. The van der Waals surface area contributed by atoms with E-state index in [1.807, 2.05) is 0 Å². The highest BCUT2D eigenvalue weighted by molar-refractivity contribution is 5.38. The summed E-state index contributed by atoms with van der Waals surface area (Å²) in [5.74, 6) is 0. The zero-order valence-electron chi connectivity index (χ0n) is 8.52. The average Bonchev–Trinajstić information content (AvgIpc) is 1.95. The Kier molecular flexibility index (Phi) is 4.95. The molecule has 2 nitrogen and oxygen atoms in total. The first-order valence-electron chi connectivity index (χ1n) is 4.55. The average molecular weight is 171 g/mol. The van der Waals surface area contributed by atoms with Crippen molar-refractivity contribution in [1.29, 1.82) is 0 Å². The maximum atomic E-state index is 10.1. The lowest BCUT2D eigenvalue weighted by Crippen LogP contribution is -2.28. The fourth-order valence-corrected chi connectivity index (χ4v) is 1.12. The molecule has 1 atom stereocenters. The predicted molar refractivity (Wildman–Crippen MR) is 49.5 cm³/mol. The third-order valence-corrected chi connectivity index (χ3v) is 1.98. The largest absolute Gasteiger partial charge is 0.453 e. The van der Waals surface area contributed by atoms with E-state index in [0.717, 1.165) is 19.3 Å². The molecule has 0 amide bonds. The van der Waals surface area contributed by atoms with Gasteiger partial charge in [0.15, 0.2) is 0 Å². The molecule has 0 bridgehead atoms. The van der Waals surface area contributed by atoms with Crippen LogP contribution >= 0.6 is 0 Å². The van der Waals surface area contributed by atoms with E-state index in [1.165, 1.54) is 6.47 Å². The summed E-state index contributed by atoms with van der Waals surface area (Å²) >= 11 is 0. The van der Waals surface area contributed by atoms with Crippen LogP contribution in [0.5, 0.6) is 0 Å². The number of rotatable bonds is 5. The molecule has 0 spiro atoms. The maximum Gasteiger partial charge on any atom is 0.417 e. The number of hydrogen-bond acceptors (Lipinski definition) is 2. The first-order valence-corrected chi connectivity index (χ1v) is 4.55. The Bertz CT molecular complexity index is 124. The molecule has 0 N–H and O–H groups in total. The second kappa shape index (κ2) is 5.18. The topological polar surface area (TPSA) is 26.3 Å². The Balaban J connectivity index is 3.94. The number of unbranched alkanes of at least 4 members (excludes halogenated alkanes) is 1. The van der Waals surface area contributed by atoms with E-state index in [2.05, 4.69) is 27.7 Å². The quantitative estimate of drug-likeness (QED) is 0.635. The van der Waals surface area contributed by atoms with E-state index in [1.54, 1.807) is 0 Å². The van der Waals surface area contributed by atoms with Gasteiger partial charge in [-0.15, -0.1) is 0 Å². The fraction of sp³-hybridized carbons (Fsp3) is 0.900. The number of hydrogen-bond donors (Lipinski definition) is 0. The van der Waals surface area contributed by atoms with Crippen LogP contribution in [0.4, 0.5) is 0 Å². The molecule has 0 saturated carbocycles. The summed E-state index contributed by atoms with van der Waals surface area (Å²) in [4.78, 5) is 10.1. The molecule has 0 aliphatic heterocycles. The lowest BCUT2D eigenvalue weighted by molar-refractivity contribution is 0.0620. The third-order valence-electron chi connectivity index (χ3n) is 1.98. The van der Waals surface area contributed by atoms with Crippen molar-refractivity contribution < 1.29 is 9.53 Å². The molecule has 2 heteroatoms. The van der Waals surface area contributed by atoms with Gasteiger partial charge >= 0.3 is 6.47 Å². The summed E-state index contributed by atoms with van der Waals surface area (Å²) in [6, 6.07) is 0. The lowest BCUT2D eigenvalue weighted by atomic mass is 9.86. The molecule has 12 heavy (non-hydrogen) atoms. The normalized spacial score (nSPS) is 14.0. The summed E-state index contributed by atoms with van der Waals surface area (Å²) in [7, 11) is 0. The van der Waals surface area contributed by atoms with Gasteiger partial charge in [-0.25, -0.2) is 4.79 Å². The maximum absolute atomic E-state index is 10.1. The van der Waals surface area contributed by atoms with Crippen LogP contribution in [0.2, 0.25) is 0 Å². The highest BCUT2D eigenvalue weighted by atomic mass is 16.5. The zero-order valence-corrected chi connectivity index (χ0v) is 8.52. The molecule has 0 aromatic rings. The van der Waals surface area contributed by atoms with Crippen molar-refractivity contribution in [2.45, 2.75) is 53.1 Å². The molecule has 0 saturated heterocycles. The minimum absolute atomic E-state index is 0.00921. The molecule has 0 heterocycles. The molecular formula is C10H19O2. The molecule has 1 radical (unpaired) electrons. The summed E-state index contributed by atoms with van der Waals surface area (Å²) in [6.45, 7) is 9.88. The SMILES string of the molecule is CCCCC(O[C]=O)C(C)(C)C. The van der Waals surface area contributed by atoms with Crippen LogP contribution in [0.3, 0.4) is 0 Å². The molecule has 0 rings (SSSR count). The molecule has 71 valence electrons. The molecule has 1 unspecified atom stereocenters. The Morgan fingerprint density at radius 2 is 2.00 bits per heavy atom. The van der Waals surface area contributed by atoms with Crippen molar-refractivity contribution in [3.05, 3.63) is 0 Å². The van der Waals surface area contributed by atoms with Crippen molar-refractivity contribution in [2.24, 2.45) is 5.41 Å². The summed E-state index contributed by atoms with van der Waals surface area (Å²) < 4.78 is 4.90. The van der Waals surface area contributed by atoms with Gasteiger partial charge in [0.2, 0.25) is 0 Å². The van der Waals surface area contributed by atoms with Gasteiger partial charge in [0.25, 0.3) is 0 Å². The monoisotopic (exact) mass is 171 g/mol. The zero-order chi connectivity index (χ0) is 9.61. The van der Waals surface area contributed by atoms with E-state index >= 15 is 0 Å². The minimum atomic E-state index is 0.00921. The van der Waals surface area contributed by atoms with Crippen molar-refractivity contribution in [3.63, 3.8) is 0 Å². The van der Waals surface area contributed by atoms with Crippen LogP contribution in [0.1, 0.15) is 47.0 Å². The second-order valence-electron chi connectivity index (χ2n) is 4.20.